The van der Waals surface area contributed by atoms with Crippen LogP contribution in [0.25, 0.3) is 0 Å². The Bertz CT molecular complexity index is 393. The van der Waals surface area contributed by atoms with E-state index in [0.717, 1.165) is 0 Å². The average Bonchev–Trinajstić information content (AvgIpc) is 2.92. The van der Waals surface area contributed by atoms with Gasteiger partial charge < -0.3 is 9.84 Å². The van der Waals surface area contributed by atoms with Gasteiger partial charge >= 0.3 is 5.97 Å². The number of ketones is 2. The van der Waals surface area contributed by atoms with Crippen LogP contribution in [0.15, 0.2) is 11.1 Å². The van der Waals surface area contributed by atoms with Crippen LogP contribution in [-0.4, -0.2) is 34.9 Å². The van der Waals surface area contributed by atoms with E-state index in [2.05, 4.69) is 0 Å². The van der Waals surface area contributed by atoms with Crippen LogP contribution in [0.1, 0.15) is 19.8 Å². The minimum atomic E-state index is -1.23. The Morgan fingerprint density at radius 1 is 1.53 bits per heavy atom. The van der Waals surface area contributed by atoms with E-state index in [1.165, 1.54) is 0 Å². The van der Waals surface area contributed by atoms with Gasteiger partial charge in [0.05, 0.1) is 17.3 Å². The SMILES string of the molecule is CCC(=O)C1=C(C(=O)O)C2OC2CC1=O. The number of allylic oxidation sites excluding steroid dienone is 1. The molecule has 0 aromatic heterocycles. The lowest BCUT2D eigenvalue weighted by molar-refractivity contribution is -0.134. The van der Waals surface area contributed by atoms with E-state index in [0.29, 0.717) is 0 Å². The highest BCUT2D eigenvalue weighted by Gasteiger charge is 2.52. The summed E-state index contributed by atoms with van der Waals surface area (Å²) < 4.78 is 5.04. The number of carbonyl (C=O) groups excluding carboxylic acids is 2. The summed E-state index contributed by atoms with van der Waals surface area (Å²) in [5, 5.41) is 8.93. The molecular weight excluding hydrogens is 200 g/mol. The van der Waals surface area contributed by atoms with Gasteiger partial charge in [0.2, 0.25) is 0 Å². The zero-order chi connectivity index (χ0) is 11.2. The molecule has 0 spiro atoms. The van der Waals surface area contributed by atoms with Gasteiger partial charge in [-0.3, -0.25) is 9.59 Å². The van der Waals surface area contributed by atoms with Gasteiger partial charge in [-0.2, -0.15) is 0 Å². The van der Waals surface area contributed by atoms with Crippen LogP contribution in [0.2, 0.25) is 0 Å². The maximum atomic E-state index is 11.5. The maximum absolute atomic E-state index is 11.5. The predicted molar refractivity (Wildman–Crippen MR) is 48.2 cm³/mol. The van der Waals surface area contributed by atoms with E-state index in [-0.39, 0.29) is 30.1 Å². The maximum Gasteiger partial charge on any atom is 0.335 e. The number of ether oxygens (including phenoxy) is 1. The van der Waals surface area contributed by atoms with Crippen LogP contribution in [0, 0.1) is 0 Å². The first-order chi connectivity index (χ1) is 7.06. The molecule has 1 saturated heterocycles. The highest BCUT2D eigenvalue weighted by Crippen LogP contribution is 2.39. The summed E-state index contributed by atoms with van der Waals surface area (Å²) in [6.07, 6.45) is -0.611. The van der Waals surface area contributed by atoms with Crippen molar-refractivity contribution in [1.29, 1.82) is 0 Å². The summed E-state index contributed by atoms with van der Waals surface area (Å²) in [4.78, 5) is 33.9. The third kappa shape index (κ3) is 1.48. The standard InChI is InChI=1S/C10H10O5/c1-2-4(11)7-5(12)3-6-9(15-6)8(7)10(13)14/h6,9H,2-3H2,1H3,(H,13,14). The average molecular weight is 210 g/mol. The van der Waals surface area contributed by atoms with Gasteiger partial charge in [-0.1, -0.05) is 6.92 Å². The van der Waals surface area contributed by atoms with Gasteiger partial charge in [0.1, 0.15) is 6.10 Å². The van der Waals surface area contributed by atoms with E-state index < -0.39 is 23.6 Å². The van der Waals surface area contributed by atoms with E-state index >= 15 is 0 Å². The summed E-state index contributed by atoms with van der Waals surface area (Å²) in [7, 11) is 0. The summed E-state index contributed by atoms with van der Waals surface area (Å²) in [6.45, 7) is 1.60. The van der Waals surface area contributed by atoms with Crippen LogP contribution in [-0.2, 0) is 19.1 Å². The number of hydrogen-bond donors (Lipinski definition) is 1. The van der Waals surface area contributed by atoms with Crippen molar-refractivity contribution in [1.82, 2.24) is 0 Å². The van der Waals surface area contributed by atoms with Gasteiger partial charge in [-0.05, 0) is 0 Å². The van der Waals surface area contributed by atoms with Crippen molar-refractivity contribution >= 4 is 17.5 Å². The number of aliphatic carboxylic acids is 1. The second-order valence-corrected chi connectivity index (χ2v) is 3.59. The van der Waals surface area contributed by atoms with E-state index in [1.54, 1.807) is 6.92 Å². The van der Waals surface area contributed by atoms with E-state index in [1.807, 2.05) is 0 Å². The number of fused-ring (bicyclic) bond motifs is 1. The molecule has 5 heteroatoms. The van der Waals surface area contributed by atoms with Gasteiger partial charge in [0, 0.05) is 12.8 Å². The van der Waals surface area contributed by atoms with Crippen LogP contribution in [0.3, 0.4) is 0 Å². The highest BCUT2D eigenvalue weighted by molar-refractivity contribution is 6.25. The molecule has 1 N–H and O–H groups in total. The Kier molecular flexibility index (Phi) is 2.19. The molecule has 0 aromatic carbocycles. The van der Waals surface area contributed by atoms with Gasteiger partial charge in [-0.15, -0.1) is 0 Å². The number of carbonyl (C=O) groups is 3. The number of carboxylic acid groups (broad SMARTS) is 1. The molecule has 1 aliphatic carbocycles. The van der Waals surface area contributed by atoms with Crippen molar-refractivity contribution in [3.05, 3.63) is 11.1 Å². The zero-order valence-corrected chi connectivity index (χ0v) is 8.15. The first kappa shape index (κ1) is 10.0. The molecule has 0 bridgehead atoms. The molecule has 80 valence electrons. The predicted octanol–water partition coefficient (Wildman–Crippen LogP) is 0.0869. The summed E-state index contributed by atoms with van der Waals surface area (Å²) >= 11 is 0. The fourth-order valence-corrected chi connectivity index (χ4v) is 1.84. The molecule has 0 amide bonds. The van der Waals surface area contributed by atoms with Crippen molar-refractivity contribution in [2.45, 2.75) is 32.0 Å². The molecule has 2 unspecified atom stereocenters. The molecule has 0 aromatic rings. The lowest BCUT2D eigenvalue weighted by atomic mass is 9.87. The van der Waals surface area contributed by atoms with Crippen molar-refractivity contribution in [3.8, 4) is 0 Å². The Balaban J connectivity index is 2.48. The van der Waals surface area contributed by atoms with E-state index in [4.69, 9.17) is 9.84 Å². The topological polar surface area (TPSA) is 84.0 Å². The number of hydrogen-bond acceptors (Lipinski definition) is 4. The smallest absolute Gasteiger partial charge is 0.335 e. The minimum absolute atomic E-state index is 0.127. The lowest BCUT2D eigenvalue weighted by Crippen LogP contribution is -2.27. The molecule has 2 rings (SSSR count). The van der Waals surface area contributed by atoms with Crippen LogP contribution < -0.4 is 0 Å². The van der Waals surface area contributed by atoms with Crippen molar-refractivity contribution < 1.29 is 24.2 Å². The molecule has 0 saturated carbocycles. The Morgan fingerprint density at radius 2 is 2.20 bits per heavy atom. The Labute approximate surface area is 85.7 Å². The molecule has 1 heterocycles. The van der Waals surface area contributed by atoms with Crippen molar-refractivity contribution in [2.24, 2.45) is 0 Å². The van der Waals surface area contributed by atoms with E-state index in [9.17, 15) is 14.4 Å². The molecule has 2 aliphatic rings. The fraction of sp³-hybridized carbons (Fsp3) is 0.500. The number of Topliss-reactive ketones (excluding diaryl/α,β-unsaturated/α-hetero) is 2. The fourth-order valence-electron chi connectivity index (χ4n) is 1.84. The second-order valence-electron chi connectivity index (χ2n) is 3.59. The highest BCUT2D eigenvalue weighted by atomic mass is 16.6. The molecule has 1 fully saturated rings. The third-order valence-electron chi connectivity index (χ3n) is 2.63. The van der Waals surface area contributed by atoms with Gasteiger partial charge in [0.15, 0.2) is 11.6 Å². The molecule has 2 atom stereocenters. The first-order valence-corrected chi connectivity index (χ1v) is 4.75. The van der Waals surface area contributed by atoms with Crippen molar-refractivity contribution in [3.63, 3.8) is 0 Å². The molecule has 0 radical (unpaired) electrons. The Morgan fingerprint density at radius 3 is 2.73 bits per heavy atom. The quantitative estimate of drug-likeness (QED) is 0.527. The van der Waals surface area contributed by atoms with Crippen LogP contribution in [0.5, 0.6) is 0 Å². The normalized spacial score (nSPS) is 28.7. The van der Waals surface area contributed by atoms with Gasteiger partial charge in [-0.25, -0.2) is 4.79 Å². The molecular formula is C10H10O5. The summed E-state index contributed by atoms with van der Waals surface area (Å²) in [6, 6.07) is 0. The molecule has 15 heavy (non-hydrogen) atoms. The molecule has 1 aliphatic heterocycles. The van der Waals surface area contributed by atoms with Gasteiger partial charge in [0.25, 0.3) is 0 Å². The Hall–Kier alpha value is -1.49. The largest absolute Gasteiger partial charge is 0.478 e. The van der Waals surface area contributed by atoms with Crippen LogP contribution in [0.4, 0.5) is 0 Å². The number of rotatable bonds is 3. The third-order valence-corrected chi connectivity index (χ3v) is 2.63. The van der Waals surface area contributed by atoms with Crippen molar-refractivity contribution in [2.75, 3.05) is 0 Å². The number of carboxylic acids is 1. The zero-order valence-electron chi connectivity index (χ0n) is 8.15. The first-order valence-electron chi connectivity index (χ1n) is 4.75. The monoisotopic (exact) mass is 210 g/mol. The molecule has 5 nitrogen and oxygen atoms in total. The van der Waals surface area contributed by atoms with Crippen LogP contribution >= 0.6 is 0 Å². The minimum Gasteiger partial charge on any atom is -0.478 e. The second kappa shape index (κ2) is 3.27. The summed E-state index contributed by atoms with van der Waals surface area (Å²) in [5.41, 5.74) is -0.313. The number of epoxide rings is 1. The summed E-state index contributed by atoms with van der Waals surface area (Å²) in [5.74, 6) is -2.04. The lowest BCUT2D eigenvalue weighted by Gasteiger charge is -2.11.